The van der Waals surface area contributed by atoms with E-state index < -0.39 is 5.54 Å². The fourth-order valence-electron chi connectivity index (χ4n) is 2.46. The first-order valence-corrected chi connectivity index (χ1v) is 10.5. The molecule has 2 aromatic rings. The molecule has 0 radical (unpaired) electrons. The quantitative estimate of drug-likeness (QED) is 0.727. The molecular formula is C18H23N5OS2. The maximum atomic E-state index is 12.6. The number of amides is 1. The predicted molar refractivity (Wildman–Crippen MR) is 104 cm³/mol. The van der Waals surface area contributed by atoms with Crippen LogP contribution in [0.4, 0.5) is 0 Å². The predicted octanol–water partition coefficient (Wildman–Crippen LogP) is 3.88. The van der Waals surface area contributed by atoms with Gasteiger partial charge < -0.3 is 5.32 Å². The molecule has 0 unspecified atom stereocenters. The molecule has 1 aliphatic carbocycles. The van der Waals surface area contributed by atoms with Crippen molar-refractivity contribution in [3.63, 3.8) is 0 Å². The van der Waals surface area contributed by atoms with Crippen molar-refractivity contribution in [2.45, 2.75) is 62.5 Å². The van der Waals surface area contributed by atoms with Gasteiger partial charge in [0.05, 0.1) is 16.2 Å². The average molecular weight is 390 g/mol. The topological polar surface area (TPSA) is 83.6 Å². The molecule has 26 heavy (non-hydrogen) atoms. The van der Waals surface area contributed by atoms with Crippen molar-refractivity contribution in [2.24, 2.45) is 5.92 Å². The maximum absolute atomic E-state index is 12.6. The van der Waals surface area contributed by atoms with Crippen molar-refractivity contribution in [1.29, 1.82) is 5.26 Å². The van der Waals surface area contributed by atoms with Gasteiger partial charge in [0, 0.05) is 6.04 Å². The lowest BCUT2D eigenvalue weighted by Crippen LogP contribution is -2.51. The molecular weight excluding hydrogens is 366 g/mol. The largest absolute Gasteiger partial charge is 0.337 e. The molecule has 1 fully saturated rings. The number of rotatable bonds is 7. The summed E-state index contributed by atoms with van der Waals surface area (Å²) < 4.78 is 2.16. The van der Waals surface area contributed by atoms with Crippen LogP contribution in [0.2, 0.25) is 0 Å². The Hall–Kier alpha value is -1.85. The summed E-state index contributed by atoms with van der Waals surface area (Å²) in [5.41, 5.74) is -0.877. The Morgan fingerprint density at radius 3 is 2.73 bits per heavy atom. The van der Waals surface area contributed by atoms with Crippen LogP contribution in [-0.4, -0.2) is 31.5 Å². The van der Waals surface area contributed by atoms with Gasteiger partial charge in [-0.25, -0.2) is 0 Å². The molecule has 1 aliphatic rings. The van der Waals surface area contributed by atoms with Crippen LogP contribution in [0.1, 0.15) is 46.6 Å². The SMILES string of the molecule is CC(C)[C@](C)(C#N)NC(=O)[C@H](C)Sc1nnc(-c2cccs2)n1C1CC1. The molecule has 8 heteroatoms. The van der Waals surface area contributed by atoms with E-state index in [1.807, 2.05) is 38.3 Å². The van der Waals surface area contributed by atoms with E-state index in [0.29, 0.717) is 6.04 Å². The highest BCUT2D eigenvalue weighted by Gasteiger charge is 2.34. The normalized spacial score (nSPS) is 17.5. The number of hydrogen-bond donors (Lipinski definition) is 1. The van der Waals surface area contributed by atoms with Gasteiger partial charge in [-0.2, -0.15) is 5.26 Å². The van der Waals surface area contributed by atoms with Gasteiger partial charge in [0.25, 0.3) is 0 Å². The number of carbonyl (C=O) groups excluding carboxylic acids is 1. The summed E-state index contributed by atoms with van der Waals surface area (Å²) in [5.74, 6) is 0.742. The third-order valence-corrected chi connectivity index (χ3v) is 6.66. The molecule has 2 heterocycles. The van der Waals surface area contributed by atoms with Crippen molar-refractivity contribution in [3.05, 3.63) is 17.5 Å². The van der Waals surface area contributed by atoms with Crippen LogP contribution in [0.3, 0.4) is 0 Å². The molecule has 0 spiro atoms. The Morgan fingerprint density at radius 1 is 1.46 bits per heavy atom. The van der Waals surface area contributed by atoms with Crippen LogP contribution in [-0.2, 0) is 4.79 Å². The first-order chi connectivity index (χ1) is 12.4. The van der Waals surface area contributed by atoms with E-state index in [0.717, 1.165) is 28.7 Å². The van der Waals surface area contributed by atoms with Gasteiger partial charge in [-0.05, 0) is 44.1 Å². The zero-order valence-electron chi connectivity index (χ0n) is 15.4. The molecule has 6 nitrogen and oxygen atoms in total. The second-order valence-electron chi connectivity index (χ2n) is 7.10. The van der Waals surface area contributed by atoms with Gasteiger partial charge in [0.2, 0.25) is 5.91 Å². The minimum Gasteiger partial charge on any atom is -0.337 e. The fraction of sp³-hybridized carbons (Fsp3) is 0.556. The Morgan fingerprint density at radius 2 is 2.19 bits per heavy atom. The van der Waals surface area contributed by atoms with E-state index in [1.165, 1.54) is 11.8 Å². The van der Waals surface area contributed by atoms with Gasteiger partial charge in [0.1, 0.15) is 5.54 Å². The van der Waals surface area contributed by atoms with Gasteiger partial charge in [-0.15, -0.1) is 21.5 Å². The van der Waals surface area contributed by atoms with Crippen molar-refractivity contribution in [2.75, 3.05) is 0 Å². The number of nitrogens with zero attached hydrogens (tertiary/aromatic N) is 4. The second kappa shape index (κ2) is 7.41. The fourth-order valence-corrected chi connectivity index (χ4v) is 4.09. The van der Waals surface area contributed by atoms with Gasteiger partial charge in [-0.3, -0.25) is 9.36 Å². The minimum atomic E-state index is -0.877. The molecule has 138 valence electrons. The number of nitrogens with one attached hydrogen (secondary N) is 1. The Labute approximate surface area is 162 Å². The number of carbonyl (C=O) groups is 1. The van der Waals surface area contributed by atoms with Crippen LogP contribution in [0, 0.1) is 17.2 Å². The van der Waals surface area contributed by atoms with Crippen LogP contribution in [0.15, 0.2) is 22.7 Å². The summed E-state index contributed by atoms with van der Waals surface area (Å²) in [6.07, 6.45) is 2.23. The number of thiophene rings is 1. The Bertz CT molecular complexity index is 819. The Balaban J connectivity index is 1.77. The molecule has 0 aromatic carbocycles. The van der Waals surface area contributed by atoms with E-state index >= 15 is 0 Å². The zero-order valence-corrected chi connectivity index (χ0v) is 17.0. The monoisotopic (exact) mass is 389 g/mol. The van der Waals surface area contributed by atoms with Gasteiger partial charge >= 0.3 is 0 Å². The molecule has 1 N–H and O–H groups in total. The molecule has 1 saturated carbocycles. The third kappa shape index (κ3) is 3.79. The number of nitriles is 1. The smallest absolute Gasteiger partial charge is 0.234 e. The number of thioether (sulfide) groups is 1. The van der Waals surface area contributed by atoms with E-state index in [1.54, 1.807) is 18.3 Å². The molecule has 0 saturated heterocycles. The zero-order chi connectivity index (χ0) is 18.9. The van der Waals surface area contributed by atoms with Crippen molar-refractivity contribution >= 4 is 29.0 Å². The van der Waals surface area contributed by atoms with E-state index in [-0.39, 0.29) is 17.1 Å². The average Bonchev–Trinajstić information content (AvgIpc) is 3.13. The molecule has 0 aliphatic heterocycles. The van der Waals surface area contributed by atoms with Crippen LogP contribution < -0.4 is 5.32 Å². The summed E-state index contributed by atoms with van der Waals surface area (Å²) in [4.78, 5) is 13.7. The number of hydrogen-bond acceptors (Lipinski definition) is 6. The standard InChI is InChI=1S/C18H23N5OS2/c1-11(2)18(4,10-19)20-16(24)12(3)26-17-22-21-15(14-6-5-9-25-14)23(17)13-7-8-13/h5-6,9,11-13H,7-8H2,1-4H3,(H,20,24)/t12-,18-/m0/s1. The summed E-state index contributed by atoms with van der Waals surface area (Å²) in [6, 6.07) is 6.68. The molecule has 3 rings (SSSR count). The van der Waals surface area contributed by atoms with Crippen LogP contribution in [0.5, 0.6) is 0 Å². The lowest BCUT2D eigenvalue weighted by Gasteiger charge is -2.28. The summed E-state index contributed by atoms with van der Waals surface area (Å²) in [5, 5.41) is 23.4. The van der Waals surface area contributed by atoms with Crippen molar-refractivity contribution < 1.29 is 4.79 Å². The minimum absolute atomic E-state index is 0.0224. The number of aromatic nitrogens is 3. The van der Waals surface area contributed by atoms with Crippen LogP contribution >= 0.6 is 23.1 Å². The maximum Gasteiger partial charge on any atom is 0.234 e. The van der Waals surface area contributed by atoms with E-state index in [2.05, 4.69) is 26.2 Å². The highest BCUT2D eigenvalue weighted by atomic mass is 32.2. The second-order valence-corrected chi connectivity index (χ2v) is 9.36. The van der Waals surface area contributed by atoms with E-state index in [4.69, 9.17) is 0 Å². The summed E-state index contributed by atoms with van der Waals surface area (Å²) in [7, 11) is 0. The highest BCUT2D eigenvalue weighted by molar-refractivity contribution is 8.00. The molecule has 2 atom stereocenters. The summed E-state index contributed by atoms with van der Waals surface area (Å²) >= 11 is 3.04. The summed E-state index contributed by atoms with van der Waals surface area (Å²) in [6.45, 7) is 7.46. The van der Waals surface area contributed by atoms with Crippen molar-refractivity contribution in [1.82, 2.24) is 20.1 Å². The lowest BCUT2D eigenvalue weighted by molar-refractivity contribution is -0.121. The van der Waals surface area contributed by atoms with Crippen molar-refractivity contribution in [3.8, 4) is 16.8 Å². The van der Waals surface area contributed by atoms with Gasteiger partial charge in [0.15, 0.2) is 11.0 Å². The first-order valence-electron chi connectivity index (χ1n) is 8.74. The highest BCUT2D eigenvalue weighted by Crippen LogP contribution is 2.42. The van der Waals surface area contributed by atoms with Crippen LogP contribution in [0.25, 0.3) is 10.7 Å². The molecule has 2 aromatic heterocycles. The first kappa shape index (κ1) is 18.9. The van der Waals surface area contributed by atoms with Gasteiger partial charge in [-0.1, -0.05) is 31.7 Å². The third-order valence-electron chi connectivity index (χ3n) is 4.74. The molecule has 0 bridgehead atoms. The molecule has 1 amide bonds. The lowest BCUT2D eigenvalue weighted by atomic mass is 9.90. The Kier molecular flexibility index (Phi) is 5.39. The van der Waals surface area contributed by atoms with E-state index in [9.17, 15) is 10.1 Å².